The Hall–Kier alpha value is -0.570. The van der Waals surface area contributed by atoms with Crippen molar-refractivity contribution in [2.75, 3.05) is 20.6 Å². The minimum atomic E-state index is 0.225. The molecule has 0 unspecified atom stereocenters. The predicted octanol–water partition coefficient (Wildman–Crippen LogP) is 0.852. The first-order valence-corrected chi connectivity index (χ1v) is 8.05. The molecule has 4 bridgehead atoms. The molecular formula is C16H29N2O+. The Balaban J connectivity index is 1.66. The molecule has 108 valence electrons. The molecule has 0 aromatic carbocycles. The number of carbonyl (C=O) groups is 1. The van der Waals surface area contributed by atoms with Crippen LogP contribution in [0, 0.1) is 23.2 Å². The van der Waals surface area contributed by atoms with E-state index in [0.717, 1.165) is 17.8 Å². The third-order valence-electron chi connectivity index (χ3n) is 5.90. The van der Waals surface area contributed by atoms with Gasteiger partial charge in [0, 0.05) is 6.04 Å². The van der Waals surface area contributed by atoms with Gasteiger partial charge in [0.2, 0.25) is 0 Å². The molecule has 19 heavy (non-hydrogen) atoms. The number of carbonyl (C=O) groups excluding carboxylic acids is 1. The highest BCUT2D eigenvalue weighted by molar-refractivity contribution is 5.77. The van der Waals surface area contributed by atoms with Gasteiger partial charge in [-0.2, -0.15) is 0 Å². The summed E-state index contributed by atoms with van der Waals surface area (Å²) in [5.41, 5.74) is 0.437. The summed E-state index contributed by atoms with van der Waals surface area (Å²) in [6, 6.07) is 0.368. The molecular weight excluding hydrogens is 236 g/mol. The lowest BCUT2D eigenvalue weighted by atomic mass is 9.48. The number of hydrogen-bond donors (Lipinski definition) is 2. The maximum Gasteiger partial charge on any atom is 0.275 e. The molecule has 4 rings (SSSR count). The lowest BCUT2D eigenvalue weighted by Gasteiger charge is -2.59. The van der Waals surface area contributed by atoms with Gasteiger partial charge in [-0.1, -0.05) is 0 Å². The smallest absolute Gasteiger partial charge is 0.275 e. The maximum atomic E-state index is 12.0. The highest BCUT2D eigenvalue weighted by atomic mass is 16.2. The molecule has 0 aromatic rings. The fraction of sp³-hybridized carbons (Fsp3) is 0.938. The van der Waals surface area contributed by atoms with E-state index in [-0.39, 0.29) is 5.91 Å². The van der Waals surface area contributed by atoms with E-state index in [1.165, 1.54) is 43.4 Å². The zero-order valence-electron chi connectivity index (χ0n) is 12.7. The number of likely N-dealkylation sites (N-methyl/N-ethyl adjacent to an activating group) is 1. The van der Waals surface area contributed by atoms with E-state index in [4.69, 9.17) is 0 Å². The van der Waals surface area contributed by atoms with Crippen molar-refractivity contribution < 1.29 is 9.69 Å². The van der Waals surface area contributed by atoms with Crippen LogP contribution in [-0.4, -0.2) is 32.6 Å². The molecule has 0 aliphatic heterocycles. The summed E-state index contributed by atoms with van der Waals surface area (Å²) in [5.74, 6) is 3.11. The highest BCUT2D eigenvalue weighted by Gasteiger charge is 2.53. The number of hydrogen-bond acceptors (Lipinski definition) is 1. The Kier molecular flexibility index (Phi) is 3.36. The Morgan fingerprint density at radius 1 is 1.16 bits per heavy atom. The molecule has 4 fully saturated rings. The van der Waals surface area contributed by atoms with Crippen molar-refractivity contribution in [2.24, 2.45) is 23.2 Å². The second-order valence-corrected chi connectivity index (χ2v) is 7.95. The molecule has 1 atom stereocenters. The first kappa shape index (κ1) is 13.4. The molecule has 0 heterocycles. The second-order valence-electron chi connectivity index (χ2n) is 7.95. The molecule has 4 aliphatic rings. The molecule has 2 N–H and O–H groups in total. The van der Waals surface area contributed by atoms with E-state index in [9.17, 15) is 4.79 Å². The SMILES string of the molecule is C[C@@H](NC(=O)C[NH+](C)C)C12CC3CC(CC(C3)C1)C2. The Bertz CT molecular complexity index is 328. The van der Waals surface area contributed by atoms with Gasteiger partial charge in [-0.25, -0.2) is 0 Å². The predicted molar refractivity (Wildman–Crippen MR) is 75.9 cm³/mol. The first-order chi connectivity index (χ1) is 8.97. The molecule has 0 radical (unpaired) electrons. The van der Waals surface area contributed by atoms with Gasteiger partial charge < -0.3 is 10.2 Å². The summed E-state index contributed by atoms with van der Waals surface area (Å²) < 4.78 is 0. The summed E-state index contributed by atoms with van der Waals surface area (Å²) in [4.78, 5) is 13.2. The van der Waals surface area contributed by atoms with Crippen LogP contribution in [0.1, 0.15) is 45.4 Å². The van der Waals surface area contributed by atoms with E-state index in [2.05, 4.69) is 12.2 Å². The lowest BCUT2D eigenvalue weighted by Crippen LogP contribution is -3.07. The van der Waals surface area contributed by atoms with Gasteiger partial charge in [-0.3, -0.25) is 4.79 Å². The van der Waals surface area contributed by atoms with Crippen LogP contribution in [0.4, 0.5) is 0 Å². The average molecular weight is 265 g/mol. The Morgan fingerprint density at radius 3 is 2.05 bits per heavy atom. The molecule has 1 amide bonds. The zero-order valence-corrected chi connectivity index (χ0v) is 12.7. The molecule has 4 saturated carbocycles. The number of nitrogens with one attached hydrogen (secondary N) is 2. The van der Waals surface area contributed by atoms with E-state index in [1.54, 1.807) is 0 Å². The summed E-state index contributed by atoms with van der Waals surface area (Å²) in [6.45, 7) is 2.85. The molecule has 0 spiro atoms. The number of amides is 1. The van der Waals surface area contributed by atoms with Gasteiger partial charge in [0.1, 0.15) is 0 Å². The fourth-order valence-electron chi connectivity index (χ4n) is 5.47. The van der Waals surface area contributed by atoms with E-state index in [1.807, 2.05) is 14.1 Å². The van der Waals surface area contributed by atoms with Gasteiger partial charge >= 0.3 is 0 Å². The van der Waals surface area contributed by atoms with Crippen molar-refractivity contribution in [2.45, 2.75) is 51.5 Å². The quantitative estimate of drug-likeness (QED) is 0.776. The van der Waals surface area contributed by atoms with Crippen LogP contribution in [0.2, 0.25) is 0 Å². The Morgan fingerprint density at radius 2 is 1.63 bits per heavy atom. The van der Waals surface area contributed by atoms with Crippen molar-refractivity contribution in [3.8, 4) is 0 Å². The number of rotatable bonds is 4. The standard InChI is InChI=1S/C16H28N2O/c1-11(17-15(19)10-18(2)3)16-7-12-4-13(8-16)6-14(5-12)9-16/h11-14H,4-10H2,1-3H3,(H,17,19)/p+1/t11-,12?,13?,14?,16?/m1/s1. The van der Waals surface area contributed by atoms with Crippen molar-refractivity contribution in [1.82, 2.24) is 5.32 Å². The van der Waals surface area contributed by atoms with Crippen molar-refractivity contribution in [1.29, 1.82) is 0 Å². The molecule has 3 heteroatoms. The van der Waals surface area contributed by atoms with Crippen LogP contribution in [0.15, 0.2) is 0 Å². The minimum Gasteiger partial charge on any atom is -0.348 e. The third kappa shape index (κ3) is 2.54. The van der Waals surface area contributed by atoms with Crippen molar-refractivity contribution in [3.63, 3.8) is 0 Å². The fourth-order valence-corrected chi connectivity index (χ4v) is 5.47. The highest BCUT2D eigenvalue weighted by Crippen LogP contribution is 2.61. The van der Waals surface area contributed by atoms with Gasteiger partial charge in [-0.15, -0.1) is 0 Å². The van der Waals surface area contributed by atoms with E-state index in [0.29, 0.717) is 18.0 Å². The third-order valence-corrected chi connectivity index (χ3v) is 5.90. The number of quaternary nitrogens is 1. The van der Waals surface area contributed by atoms with E-state index < -0.39 is 0 Å². The van der Waals surface area contributed by atoms with Gasteiger partial charge in [0.25, 0.3) is 5.91 Å². The van der Waals surface area contributed by atoms with Crippen molar-refractivity contribution in [3.05, 3.63) is 0 Å². The maximum absolute atomic E-state index is 12.0. The summed E-state index contributed by atoms with van der Waals surface area (Å²) >= 11 is 0. The molecule has 0 saturated heterocycles. The molecule has 0 aromatic heterocycles. The summed E-state index contributed by atoms with van der Waals surface area (Å²) in [5, 5.41) is 3.31. The van der Waals surface area contributed by atoms with Crippen LogP contribution < -0.4 is 10.2 Å². The first-order valence-electron chi connectivity index (χ1n) is 8.05. The normalized spacial score (nSPS) is 41.6. The topological polar surface area (TPSA) is 33.5 Å². The summed E-state index contributed by atoms with van der Waals surface area (Å²) in [6.07, 6.45) is 8.53. The summed E-state index contributed by atoms with van der Waals surface area (Å²) in [7, 11) is 4.07. The zero-order chi connectivity index (χ0) is 13.6. The van der Waals surface area contributed by atoms with Gasteiger partial charge in [-0.05, 0) is 68.6 Å². The van der Waals surface area contributed by atoms with Crippen LogP contribution in [-0.2, 0) is 4.79 Å². The second kappa shape index (κ2) is 4.76. The van der Waals surface area contributed by atoms with Crippen molar-refractivity contribution >= 4 is 5.91 Å². The monoisotopic (exact) mass is 265 g/mol. The molecule has 4 aliphatic carbocycles. The van der Waals surface area contributed by atoms with Gasteiger partial charge in [0.05, 0.1) is 14.1 Å². The largest absolute Gasteiger partial charge is 0.348 e. The van der Waals surface area contributed by atoms with E-state index >= 15 is 0 Å². The van der Waals surface area contributed by atoms with Gasteiger partial charge in [0.15, 0.2) is 6.54 Å². The van der Waals surface area contributed by atoms with Crippen LogP contribution in [0.3, 0.4) is 0 Å². The van der Waals surface area contributed by atoms with Crippen LogP contribution in [0.5, 0.6) is 0 Å². The van der Waals surface area contributed by atoms with Crippen LogP contribution in [0.25, 0.3) is 0 Å². The lowest BCUT2D eigenvalue weighted by molar-refractivity contribution is -0.849. The molecule has 3 nitrogen and oxygen atoms in total. The van der Waals surface area contributed by atoms with Crippen LogP contribution >= 0.6 is 0 Å². The Labute approximate surface area is 117 Å². The minimum absolute atomic E-state index is 0.225. The average Bonchev–Trinajstić information content (AvgIpc) is 2.25.